The smallest absolute Gasteiger partial charge is 0.164 e. The van der Waals surface area contributed by atoms with Crippen molar-refractivity contribution in [2.24, 2.45) is 0 Å². The number of nitrogens with zero attached hydrogens (tertiary/aromatic N) is 9. The molecule has 0 aliphatic carbocycles. The number of benzene rings is 12. The van der Waals surface area contributed by atoms with E-state index in [1.54, 1.807) is 0 Å². The Morgan fingerprint density at radius 3 is 0.714 bits per heavy atom. The Kier molecular flexibility index (Phi) is 16.9. The molecule has 0 N–H and O–H groups in total. The van der Waals surface area contributed by atoms with Gasteiger partial charge in [-0.15, -0.1) is 0 Å². The minimum absolute atomic E-state index is 0.604. The van der Waals surface area contributed by atoms with Crippen LogP contribution in [0.25, 0.3) is 147 Å². The predicted octanol–water partition coefficient (Wildman–Crippen LogP) is 21.7. The molecule has 0 fully saturated rings. The molecule has 0 bridgehead atoms. The fraction of sp³-hybridized carbons (Fsp3) is 0.0899. The Balaban J connectivity index is 0.683. The van der Waals surface area contributed by atoms with Crippen molar-refractivity contribution in [2.75, 3.05) is 0 Å². The molecule has 98 heavy (non-hydrogen) atoms. The van der Waals surface area contributed by atoms with Gasteiger partial charge < -0.3 is 0 Å². The molecule has 15 rings (SSSR count). The van der Waals surface area contributed by atoms with Crippen LogP contribution in [0, 0.1) is 48.5 Å². The van der Waals surface area contributed by atoms with Crippen LogP contribution in [0.5, 0.6) is 0 Å². The Labute approximate surface area is 572 Å². The lowest BCUT2D eigenvalue weighted by Gasteiger charge is -2.13. The van der Waals surface area contributed by atoms with E-state index < -0.39 is 0 Å². The van der Waals surface area contributed by atoms with Gasteiger partial charge in [0.05, 0.1) is 0 Å². The molecule has 0 saturated carbocycles. The van der Waals surface area contributed by atoms with Gasteiger partial charge in [-0.25, -0.2) is 44.9 Å². The lowest BCUT2D eigenvalue weighted by atomic mass is 9.96. The largest absolute Gasteiger partial charge is 0.208 e. The number of hydrogen-bond donors (Lipinski definition) is 0. The molecule has 3 aromatic heterocycles. The Bertz CT molecular complexity index is 5270. The maximum absolute atomic E-state index is 5.23. The van der Waals surface area contributed by atoms with Crippen molar-refractivity contribution in [2.45, 2.75) is 54.9 Å². The predicted molar refractivity (Wildman–Crippen MR) is 400 cm³/mol. The van der Waals surface area contributed by atoms with Crippen LogP contribution in [0.1, 0.15) is 50.1 Å². The molecule has 9 nitrogen and oxygen atoms in total. The zero-order valence-electron chi connectivity index (χ0n) is 55.8. The summed E-state index contributed by atoms with van der Waals surface area (Å²) >= 11 is 0. The molecule has 0 atom stereocenters. The summed E-state index contributed by atoms with van der Waals surface area (Å²) in [6.45, 7) is 14.8. The molecule has 0 aliphatic heterocycles. The van der Waals surface area contributed by atoms with Crippen molar-refractivity contribution in [1.29, 1.82) is 0 Å². The third-order valence-corrected chi connectivity index (χ3v) is 18.2. The monoisotopic (exact) mass is 1260 g/mol. The number of hydrogen-bond acceptors (Lipinski definition) is 9. The summed E-state index contributed by atoms with van der Waals surface area (Å²) in [5.74, 6) is 5.63. The lowest BCUT2D eigenvalue weighted by molar-refractivity contribution is 1.06. The van der Waals surface area contributed by atoms with Crippen LogP contribution in [0.4, 0.5) is 0 Å². The molecule has 15 aromatic rings. The third-order valence-electron chi connectivity index (χ3n) is 18.2. The van der Waals surface area contributed by atoms with Gasteiger partial charge in [-0.3, -0.25) is 0 Å². The SMILES string of the molecule is Cc1ccc(-c2nc(-c3ccc(-c4ccc(-c5nc(-c6ccc(C)cc6C)nc(-c6ccc(Cc7cccc(-c8ccc(-c9nc(-c%10ccc(-c%11ccccc%11)cc%10)nc(-c%10ccc(-c%11ccccc%11)cc%10)n9)cc8)c7)cc6C)n5)cc4)cc3)nc(-c3ccc(C)cc3C)n2)c(C)c1. The first-order valence-corrected chi connectivity index (χ1v) is 33.2. The van der Waals surface area contributed by atoms with E-state index in [0.29, 0.717) is 52.4 Å². The molecule has 3 heterocycles. The normalized spacial score (nSPS) is 11.3. The number of rotatable bonds is 15. The molecule has 0 unspecified atom stereocenters. The first-order chi connectivity index (χ1) is 47.8. The zero-order valence-corrected chi connectivity index (χ0v) is 55.8. The molecule has 0 aliphatic rings. The quantitative estimate of drug-likeness (QED) is 0.0989. The first kappa shape index (κ1) is 61.8. The van der Waals surface area contributed by atoms with E-state index in [-0.39, 0.29) is 0 Å². The summed E-state index contributed by atoms with van der Waals surface area (Å²) in [7, 11) is 0. The summed E-state index contributed by atoms with van der Waals surface area (Å²) in [4.78, 5) is 46.1. The topological polar surface area (TPSA) is 116 Å². The molecule has 0 amide bonds. The second kappa shape index (κ2) is 26.8. The molecule has 0 saturated heterocycles. The van der Waals surface area contributed by atoms with Gasteiger partial charge in [0, 0.05) is 50.1 Å². The molecule has 0 spiro atoms. The fourth-order valence-corrected chi connectivity index (χ4v) is 13.0. The van der Waals surface area contributed by atoms with Crippen LogP contribution in [0.2, 0.25) is 0 Å². The summed E-state index contributed by atoms with van der Waals surface area (Å²) in [5.41, 5.74) is 27.7. The van der Waals surface area contributed by atoms with Gasteiger partial charge in [-0.05, 0) is 133 Å². The zero-order chi connectivity index (χ0) is 66.8. The highest BCUT2D eigenvalue weighted by molar-refractivity contribution is 5.78. The molecule has 9 heteroatoms. The Morgan fingerprint density at radius 2 is 0.408 bits per heavy atom. The van der Waals surface area contributed by atoms with Crippen LogP contribution in [0.15, 0.2) is 279 Å². The average molecular weight is 1260 g/mol. The third kappa shape index (κ3) is 13.3. The van der Waals surface area contributed by atoms with Crippen LogP contribution >= 0.6 is 0 Å². The van der Waals surface area contributed by atoms with E-state index in [2.05, 4.69) is 315 Å². The minimum atomic E-state index is 0.604. The minimum Gasteiger partial charge on any atom is -0.208 e. The second-order valence-electron chi connectivity index (χ2n) is 25.5. The standard InChI is InChI=1S/C89H69N9/c1-55-21-45-77(58(4)49-55)86-93-84(94-87(97-86)78-46-22-56(2)50-59(78)5)74-39-29-68(30-40-74)69-31-41-75(42-32-69)85-95-88(79-47-23-57(3)51-60(79)6)98-89(96-85)80-48-24-63(52-61(80)7)53-62-15-14-20-76(54-62)70-33-43-73(44-34-70)83-91-81(71-35-25-66(26-36-71)64-16-10-8-11-17-64)90-82(92-83)72-37-27-67(28-38-72)65-18-12-9-13-19-65/h8-52,54H,53H2,1-7H3. The van der Waals surface area contributed by atoms with Gasteiger partial charge in [0.1, 0.15) is 0 Å². The van der Waals surface area contributed by atoms with Gasteiger partial charge in [0.2, 0.25) is 0 Å². The summed E-state index contributed by atoms with van der Waals surface area (Å²) in [6.07, 6.45) is 0.744. The lowest BCUT2D eigenvalue weighted by Crippen LogP contribution is -2.02. The highest BCUT2D eigenvalue weighted by Gasteiger charge is 2.20. The fourth-order valence-electron chi connectivity index (χ4n) is 13.0. The molecular weight excluding hydrogens is 1200 g/mol. The van der Waals surface area contributed by atoms with E-state index in [9.17, 15) is 0 Å². The molecular formula is C89H69N9. The van der Waals surface area contributed by atoms with Crippen molar-refractivity contribution in [3.05, 3.63) is 329 Å². The molecule has 0 radical (unpaired) electrons. The molecule has 12 aromatic carbocycles. The molecule has 470 valence electrons. The second-order valence-corrected chi connectivity index (χ2v) is 25.5. The van der Waals surface area contributed by atoms with Gasteiger partial charge >= 0.3 is 0 Å². The Hall–Kier alpha value is -12.3. The van der Waals surface area contributed by atoms with Crippen LogP contribution in [-0.4, -0.2) is 44.9 Å². The van der Waals surface area contributed by atoms with E-state index in [1.165, 1.54) is 27.8 Å². The van der Waals surface area contributed by atoms with Gasteiger partial charge in [0.25, 0.3) is 0 Å². The Morgan fingerprint density at radius 1 is 0.173 bits per heavy atom. The van der Waals surface area contributed by atoms with E-state index in [0.717, 1.165) is 123 Å². The van der Waals surface area contributed by atoms with Gasteiger partial charge in [0.15, 0.2) is 52.4 Å². The van der Waals surface area contributed by atoms with Crippen LogP contribution in [0.3, 0.4) is 0 Å². The van der Waals surface area contributed by atoms with E-state index >= 15 is 0 Å². The highest BCUT2D eigenvalue weighted by atomic mass is 15.1. The average Bonchev–Trinajstić information content (AvgIpc) is 0.823. The summed E-state index contributed by atoms with van der Waals surface area (Å²) in [5, 5.41) is 0. The summed E-state index contributed by atoms with van der Waals surface area (Å²) in [6, 6.07) is 97.8. The van der Waals surface area contributed by atoms with Gasteiger partial charge in [-0.2, -0.15) is 0 Å². The maximum atomic E-state index is 5.23. The van der Waals surface area contributed by atoms with Crippen molar-refractivity contribution in [3.8, 4) is 147 Å². The first-order valence-electron chi connectivity index (χ1n) is 33.2. The van der Waals surface area contributed by atoms with Crippen molar-refractivity contribution >= 4 is 0 Å². The van der Waals surface area contributed by atoms with Gasteiger partial charge in [-0.1, -0.05) is 296 Å². The number of aromatic nitrogens is 9. The van der Waals surface area contributed by atoms with Crippen molar-refractivity contribution in [3.63, 3.8) is 0 Å². The van der Waals surface area contributed by atoms with E-state index in [4.69, 9.17) is 44.9 Å². The van der Waals surface area contributed by atoms with Crippen LogP contribution in [-0.2, 0) is 6.42 Å². The summed E-state index contributed by atoms with van der Waals surface area (Å²) < 4.78 is 0. The van der Waals surface area contributed by atoms with Crippen LogP contribution < -0.4 is 0 Å². The van der Waals surface area contributed by atoms with Crippen molar-refractivity contribution < 1.29 is 0 Å². The van der Waals surface area contributed by atoms with Crippen molar-refractivity contribution in [1.82, 2.24) is 44.9 Å². The number of aryl methyl sites for hydroxylation is 7. The highest BCUT2D eigenvalue weighted by Crippen LogP contribution is 2.36. The van der Waals surface area contributed by atoms with E-state index in [1.807, 2.05) is 12.1 Å². The maximum Gasteiger partial charge on any atom is 0.164 e.